The predicted molar refractivity (Wildman–Crippen MR) is 71.3 cm³/mol. The summed E-state index contributed by atoms with van der Waals surface area (Å²) in [4.78, 5) is 0. The summed E-state index contributed by atoms with van der Waals surface area (Å²) in [6.45, 7) is 3.86. The van der Waals surface area contributed by atoms with Gasteiger partial charge in [-0.2, -0.15) is 0 Å². The monoisotopic (exact) mass is 250 g/mol. The van der Waals surface area contributed by atoms with E-state index in [9.17, 15) is 5.11 Å². The van der Waals surface area contributed by atoms with E-state index in [-0.39, 0.29) is 12.5 Å². The van der Waals surface area contributed by atoms with Gasteiger partial charge >= 0.3 is 0 Å². The van der Waals surface area contributed by atoms with Gasteiger partial charge in [0, 0.05) is 25.7 Å². The second-order valence-corrected chi connectivity index (χ2v) is 4.97. The van der Waals surface area contributed by atoms with Gasteiger partial charge in [0.05, 0.1) is 7.11 Å². The third-order valence-electron chi connectivity index (χ3n) is 3.75. The molecule has 0 radical (unpaired) electrons. The molecule has 100 valence electrons. The van der Waals surface area contributed by atoms with Gasteiger partial charge in [0.2, 0.25) is 0 Å². The Balaban J connectivity index is 2.26. The Morgan fingerprint density at radius 2 is 2.11 bits per heavy atom. The Morgan fingerprint density at radius 3 is 2.72 bits per heavy atom. The number of hydrogen-bond acceptors (Lipinski definition) is 3. The summed E-state index contributed by atoms with van der Waals surface area (Å²) in [6, 6.07) is 6.35. The van der Waals surface area contributed by atoms with Gasteiger partial charge in [-0.3, -0.25) is 0 Å². The zero-order valence-corrected chi connectivity index (χ0v) is 11.2. The fourth-order valence-corrected chi connectivity index (χ4v) is 2.52. The second kappa shape index (κ2) is 6.21. The molecule has 0 aliphatic carbocycles. The Bertz CT molecular complexity index is 383. The van der Waals surface area contributed by atoms with Gasteiger partial charge in [-0.1, -0.05) is 19.1 Å². The minimum absolute atomic E-state index is 0.111. The maximum Gasteiger partial charge on any atom is 0.122 e. The van der Waals surface area contributed by atoms with Crippen molar-refractivity contribution in [2.45, 2.75) is 31.6 Å². The fraction of sp³-hybridized carbons (Fsp3) is 0.600. The number of benzene rings is 1. The molecule has 1 unspecified atom stereocenters. The molecule has 1 aromatic rings. The number of aliphatic hydroxyl groups is 1. The summed E-state index contributed by atoms with van der Waals surface area (Å²) in [5, 5.41) is 9.33. The number of methoxy groups -OCH3 is 1. The molecular formula is C15H22O3. The summed E-state index contributed by atoms with van der Waals surface area (Å²) in [7, 11) is 1.68. The number of hydrogen-bond donors (Lipinski definition) is 1. The van der Waals surface area contributed by atoms with Crippen LogP contribution in [0, 0.1) is 0 Å². The van der Waals surface area contributed by atoms with Gasteiger partial charge in [-0.15, -0.1) is 0 Å². The summed E-state index contributed by atoms with van der Waals surface area (Å²) >= 11 is 0. The highest BCUT2D eigenvalue weighted by Gasteiger charge is 2.19. The van der Waals surface area contributed by atoms with Crippen LogP contribution >= 0.6 is 0 Å². The molecule has 0 aromatic heterocycles. The first-order valence-corrected chi connectivity index (χ1v) is 6.62. The van der Waals surface area contributed by atoms with Gasteiger partial charge in [-0.05, 0) is 36.0 Å². The highest BCUT2D eigenvalue weighted by Crippen LogP contribution is 2.33. The summed E-state index contributed by atoms with van der Waals surface area (Å²) < 4.78 is 10.8. The highest BCUT2D eigenvalue weighted by atomic mass is 16.5. The van der Waals surface area contributed by atoms with Gasteiger partial charge in [0.15, 0.2) is 0 Å². The number of aliphatic hydroxyl groups excluding tert-OH is 1. The first-order chi connectivity index (χ1) is 8.76. The molecule has 2 rings (SSSR count). The van der Waals surface area contributed by atoms with Crippen LogP contribution in [0.15, 0.2) is 18.2 Å². The van der Waals surface area contributed by atoms with E-state index in [0.717, 1.165) is 37.4 Å². The lowest BCUT2D eigenvalue weighted by Gasteiger charge is -2.24. The molecule has 1 heterocycles. The first-order valence-electron chi connectivity index (χ1n) is 6.62. The SMILES string of the molecule is COc1ccc(C2CCOCC2)cc1C(C)CO. The molecule has 1 atom stereocenters. The van der Waals surface area contributed by atoms with Crippen LogP contribution in [-0.4, -0.2) is 32.0 Å². The third kappa shape index (κ3) is 2.85. The van der Waals surface area contributed by atoms with Crippen molar-refractivity contribution in [1.82, 2.24) is 0 Å². The van der Waals surface area contributed by atoms with Crippen LogP contribution in [0.5, 0.6) is 5.75 Å². The van der Waals surface area contributed by atoms with Crippen LogP contribution in [0.4, 0.5) is 0 Å². The molecule has 1 saturated heterocycles. The smallest absolute Gasteiger partial charge is 0.122 e. The van der Waals surface area contributed by atoms with E-state index in [2.05, 4.69) is 12.1 Å². The lowest BCUT2D eigenvalue weighted by atomic mass is 9.88. The molecule has 0 saturated carbocycles. The maximum atomic E-state index is 9.33. The van der Waals surface area contributed by atoms with Crippen molar-refractivity contribution in [1.29, 1.82) is 0 Å². The molecule has 3 heteroatoms. The van der Waals surface area contributed by atoms with Crippen molar-refractivity contribution in [3.63, 3.8) is 0 Å². The number of ether oxygens (including phenoxy) is 2. The van der Waals surface area contributed by atoms with Crippen molar-refractivity contribution >= 4 is 0 Å². The van der Waals surface area contributed by atoms with Crippen LogP contribution in [0.25, 0.3) is 0 Å². The Morgan fingerprint density at radius 1 is 1.39 bits per heavy atom. The van der Waals surface area contributed by atoms with Crippen LogP contribution in [0.1, 0.15) is 42.7 Å². The molecule has 1 aliphatic heterocycles. The molecule has 1 fully saturated rings. The van der Waals surface area contributed by atoms with Crippen molar-refractivity contribution in [2.75, 3.05) is 26.9 Å². The van der Waals surface area contributed by atoms with Crippen molar-refractivity contribution in [3.8, 4) is 5.75 Å². The molecule has 1 aromatic carbocycles. The normalized spacial score (nSPS) is 18.6. The van der Waals surface area contributed by atoms with Crippen molar-refractivity contribution in [3.05, 3.63) is 29.3 Å². The Hall–Kier alpha value is -1.06. The minimum atomic E-state index is 0.111. The Kier molecular flexibility index (Phi) is 4.61. The van der Waals surface area contributed by atoms with Gasteiger partial charge in [0.25, 0.3) is 0 Å². The maximum absolute atomic E-state index is 9.33. The minimum Gasteiger partial charge on any atom is -0.496 e. The standard InChI is InChI=1S/C15H22O3/c1-11(10-16)14-9-13(3-4-15(14)17-2)12-5-7-18-8-6-12/h3-4,9,11-12,16H,5-8,10H2,1-2H3. The summed E-state index contributed by atoms with van der Waals surface area (Å²) in [6.07, 6.45) is 2.17. The van der Waals surface area contributed by atoms with E-state index in [4.69, 9.17) is 9.47 Å². The summed E-state index contributed by atoms with van der Waals surface area (Å²) in [5.74, 6) is 1.56. The largest absolute Gasteiger partial charge is 0.496 e. The lowest BCUT2D eigenvalue weighted by Crippen LogP contribution is -2.14. The summed E-state index contributed by atoms with van der Waals surface area (Å²) in [5.41, 5.74) is 2.44. The van der Waals surface area contributed by atoms with Gasteiger partial charge in [0.1, 0.15) is 5.75 Å². The van der Waals surface area contributed by atoms with E-state index in [1.807, 2.05) is 13.0 Å². The average Bonchev–Trinajstić information content (AvgIpc) is 2.46. The predicted octanol–water partition coefficient (Wildman–Crippen LogP) is 2.69. The molecule has 1 N–H and O–H groups in total. The third-order valence-corrected chi connectivity index (χ3v) is 3.75. The quantitative estimate of drug-likeness (QED) is 0.893. The van der Waals surface area contributed by atoms with Gasteiger partial charge in [-0.25, -0.2) is 0 Å². The van der Waals surface area contributed by atoms with Gasteiger partial charge < -0.3 is 14.6 Å². The topological polar surface area (TPSA) is 38.7 Å². The molecule has 0 amide bonds. The van der Waals surface area contributed by atoms with E-state index < -0.39 is 0 Å². The molecule has 0 bridgehead atoms. The average molecular weight is 250 g/mol. The molecule has 3 nitrogen and oxygen atoms in total. The van der Waals surface area contributed by atoms with Crippen LogP contribution < -0.4 is 4.74 Å². The Labute approximate surface area is 109 Å². The highest BCUT2D eigenvalue weighted by molar-refractivity contribution is 5.41. The molecule has 0 spiro atoms. The lowest BCUT2D eigenvalue weighted by molar-refractivity contribution is 0.0853. The van der Waals surface area contributed by atoms with Crippen molar-refractivity contribution in [2.24, 2.45) is 0 Å². The fourth-order valence-electron chi connectivity index (χ4n) is 2.52. The second-order valence-electron chi connectivity index (χ2n) is 4.97. The van der Waals surface area contributed by atoms with E-state index in [0.29, 0.717) is 5.92 Å². The first kappa shape index (κ1) is 13.4. The van der Waals surface area contributed by atoms with Crippen LogP contribution in [-0.2, 0) is 4.74 Å². The van der Waals surface area contributed by atoms with Crippen LogP contribution in [0.3, 0.4) is 0 Å². The molecule has 1 aliphatic rings. The molecule has 18 heavy (non-hydrogen) atoms. The van der Waals surface area contributed by atoms with E-state index in [1.165, 1.54) is 5.56 Å². The zero-order valence-electron chi connectivity index (χ0n) is 11.2. The molecular weight excluding hydrogens is 228 g/mol. The van der Waals surface area contributed by atoms with Crippen molar-refractivity contribution < 1.29 is 14.6 Å². The van der Waals surface area contributed by atoms with E-state index in [1.54, 1.807) is 7.11 Å². The van der Waals surface area contributed by atoms with E-state index >= 15 is 0 Å². The number of rotatable bonds is 4. The zero-order chi connectivity index (χ0) is 13.0. The van der Waals surface area contributed by atoms with Crippen LogP contribution in [0.2, 0.25) is 0 Å².